The van der Waals surface area contributed by atoms with Gasteiger partial charge in [-0.25, -0.2) is 14.5 Å². The van der Waals surface area contributed by atoms with Crippen LogP contribution >= 0.6 is 7.75 Å². The second-order valence-electron chi connectivity index (χ2n) is 10.6. The smallest absolute Gasteiger partial charge is 0.459 e. The van der Waals surface area contributed by atoms with Crippen LogP contribution in [0, 0.1) is 0 Å². The van der Waals surface area contributed by atoms with Crippen LogP contribution in [-0.4, -0.2) is 45.9 Å². The van der Waals surface area contributed by atoms with E-state index in [0.29, 0.717) is 35.9 Å². The van der Waals surface area contributed by atoms with Gasteiger partial charge < -0.3 is 24.3 Å². The quantitative estimate of drug-likeness (QED) is 0.106. The van der Waals surface area contributed by atoms with E-state index in [0.717, 1.165) is 29.3 Å². The van der Waals surface area contributed by atoms with E-state index in [-0.39, 0.29) is 25.4 Å². The van der Waals surface area contributed by atoms with Gasteiger partial charge in [0.2, 0.25) is 0 Å². The Hall–Kier alpha value is -3.50. The first-order chi connectivity index (χ1) is 20.7. The Balaban J connectivity index is 1.76. The van der Waals surface area contributed by atoms with Crippen LogP contribution in [-0.2, 0) is 30.0 Å². The Morgan fingerprint density at radius 1 is 1.05 bits per heavy atom. The van der Waals surface area contributed by atoms with Gasteiger partial charge in [0, 0.05) is 12.0 Å². The van der Waals surface area contributed by atoms with Gasteiger partial charge >= 0.3 is 13.7 Å². The first kappa shape index (κ1) is 32.4. The van der Waals surface area contributed by atoms with Crippen molar-refractivity contribution in [2.75, 3.05) is 18.9 Å². The van der Waals surface area contributed by atoms with Crippen molar-refractivity contribution in [3.05, 3.63) is 60.4 Å². The van der Waals surface area contributed by atoms with Gasteiger partial charge in [-0.3, -0.25) is 9.32 Å². The zero-order valence-corrected chi connectivity index (χ0v) is 26.4. The van der Waals surface area contributed by atoms with Crippen molar-refractivity contribution in [2.24, 2.45) is 0 Å². The average Bonchev–Trinajstić information content (AvgIpc) is 3.36. The fourth-order valence-corrected chi connectivity index (χ4v) is 6.33. The number of nitrogens with zero attached hydrogens (tertiary/aromatic N) is 3. The lowest BCUT2D eigenvalue weighted by Gasteiger charge is -2.27. The van der Waals surface area contributed by atoms with Gasteiger partial charge in [-0.1, -0.05) is 56.2 Å². The summed E-state index contributed by atoms with van der Waals surface area (Å²) in [6, 6.07) is 15.2. The number of hydrogen-bond donors (Lipinski definition) is 2. The minimum Gasteiger partial charge on any atom is -0.462 e. The predicted octanol–water partition coefficient (Wildman–Crippen LogP) is 6.57. The lowest BCUT2D eigenvalue weighted by atomic mass is 10.1. The number of benzene rings is 2. The topological polar surface area (TPSA) is 140 Å². The highest BCUT2D eigenvalue weighted by atomic mass is 31.2. The standard InChI is InChI=1S/C31H42N5O6P/c1-6-8-14-23(19-40-43(38,42-24-15-10-9-11-16-24)35-22(5)31(37)41-21(3)4)36-27(20-39-7-2)34-28-29(36)25-17-12-13-18-26(25)33-30(28)32/h9-13,15-18,21-23H,6-8,14,19-20H2,1-5H3,(H2,32,33)(H,35,38)/t22-,23-,43+/m0/s1. The lowest BCUT2D eigenvalue weighted by molar-refractivity contribution is -0.149. The van der Waals surface area contributed by atoms with Gasteiger partial charge in [-0.05, 0) is 52.3 Å². The molecule has 0 radical (unpaired) electrons. The molecule has 232 valence electrons. The molecule has 2 heterocycles. The number of hydrogen-bond acceptors (Lipinski definition) is 9. The summed E-state index contributed by atoms with van der Waals surface area (Å²) in [5.74, 6) is 0.750. The summed E-state index contributed by atoms with van der Waals surface area (Å²) in [4.78, 5) is 22.1. The number of imidazole rings is 1. The molecule has 4 aromatic rings. The molecule has 3 N–H and O–H groups in total. The van der Waals surface area contributed by atoms with E-state index in [4.69, 9.17) is 29.2 Å². The largest absolute Gasteiger partial charge is 0.462 e. The third-order valence-corrected chi connectivity index (χ3v) is 8.42. The summed E-state index contributed by atoms with van der Waals surface area (Å²) in [6.07, 6.45) is 2.16. The van der Waals surface area contributed by atoms with E-state index in [9.17, 15) is 9.36 Å². The first-order valence-corrected chi connectivity index (χ1v) is 16.3. The molecule has 0 spiro atoms. The maximum absolute atomic E-state index is 14.3. The van der Waals surface area contributed by atoms with Crippen LogP contribution in [0.4, 0.5) is 5.82 Å². The van der Waals surface area contributed by atoms with Crippen molar-refractivity contribution in [3.8, 4) is 5.75 Å². The molecule has 12 heteroatoms. The number of para-hydroxylation sites is 2. The number of anilines is 1. The number of unbranched alkanes of at least 4 members (excludes halogenated alkanes) is 1. The molecule has 0 fully saturated rings. The number of nitrogens with two attached hydrogens (primary N) is 1. The zero-order chi connectivity index (χ0) is 31.0. The molecule has 0 saturated carbocycles. The molecule has 0 aliphatic heterocycles. The molecule has 0 amide bonds. The number of nitrogen functional groups attached to an aromatic ring is 1. The van der Waals surface area contributed by atoms with Crippen LogP contribution < -0.4 is 15.3 Å². The van der Waals surface area contributed by atoms with Gasteiger partial charge in [0.1, 0.15) is 29.7 Å². The molecular formula is C31H42N5O6P. The Morgan fingerprint density at radius 2 is 1.77 bits per heavy atom. The second-order valence-corrected chi connectivity index (χ2v) is 12.3. The van der Waals surface area contributed by atoms with Gasteiger partial charge in [-0.15, -0.1) is 0 Å². The summed E-state index contributed by atoms with van der Waals surface area (Å²) in [7, 11) is -4.09. The van der Waals surface area contributed by atoms with Crippen LogP contribution in [0.15, 0.2) is 54.6 Å². The van der Waals surface area contributed by atoms with Crippen LogP contribution in [0.3, 0.4) is 0 Å². The summed E-state index contributed by atoms with van der Waals surface area (Å²) < 4.78 is 39.6. The van der Waals surface area contributed by atoms with Gasteiger partial charge in [0.05, 0.1) is 29.8 Å². The molecule has 0 saturated heterocycles. The Labute approximate surface area is 252 Å². The number of ether oxygens (including phenoxy) is 2. The number of aromatic nitrogens is 3. The fraction of sp³-hybridized carbons (Fsp3) is 0.452. The fourth-order valence-electron chi connectivity index (χ4n) is 4.80. The van der Waals surface area contributed by atoms with E-state index in [2.05, 4.69) is 21.6 Å². The van der Waals surface area contributed by atoms with E-state index >= 15 is 0 Å². The Bertz CT molecular complexity index is 1560. The highest BCUT2D eigenvalue weighted by Crippen LogP contribution is 2.46. The molecule has 0 aliphatic rings. The number of fused-ring (bicyclic) bond motifs is 3. The molecular weight excluding hydrogens is 569 g/mol. The van der Waals surface area contributed by atoms with Crippen molar-refractivity contribution < 1.29 is 27.9 Å². The van der Waals surface area contributed by atoms with Crippen LogP contribution in [0.5, 0.6) is 5.75 Å². The first-order valence-electron chi connectivity index (χ1n) is 14.8. The summed E-state index contributed by atoms with van der Waals surface area (Å²) in [5, 5.41) is 3.67. The number of carbonyl (C=O) groups excluding carboxylic acids is 1. The molecule has 0 unspecified atom stereocenters. The van der Waals surface area contributed by atoms with Crippen molar-refractivity contribution in [1.29, 1.82) is 0 Å². The minimum atomic E-state index is -4.09. The average molecular weight is 612 g/mol. The number of pyridine rings is 1. The van der Waals surface area contributed by atoms with Crippen molar-refractivity contribution in [3.63, 3.8) is 0 Å². The molecule has 2 aromatic heterocycles. The molecule has 2 aromatic carbocycles. The molecule has 0 aliphatic carbocycles. The van der Waals surface area contributed by atoms with Gasteiger partial charge in [0.15, 0.2) is 5.82 Å². The third kappa shape index (κ3) is 8.12. The normalized spacial score (nSPS) is 14.6. The van der Waals surface area contributed by atoms with E-state index in [1.165, 1.54) is 0 Å². The van der Waals surface area contributed by atoms with Crippen LogP contribution in [0.2, 0.25) is 0 Å². The van der Waals surface area contributed by atoms with Crippen molar-refractivity contribution in [1.82, 2.24) is 19.6 Å². The van der Waals surface area contributed by atoms with E-state index < -0.39 is 19.8 Å². The monoisotopic (exact) mass is 611 g/mol. The Morgan fingerprint density at radius 3 is 2.47 bits per heavy atom. The SMILES string of the molecule is CCCC[C@@H](CO[P@](=O)(N[C@@H](C)C(=O)OC(C)C)Oc1ccccc1)n1c(COCC)nc2c(N)nc3ccccc3c21. The van der Waals surface area contributed by atoms with Gasteiger partial charge in [0.25, 0.3) is 0 Å². The molecule has 4 rings (SSSR count). The summed E-state index contributed by atoms with van der Waals surface area (Å²) in [6.45, 7) is 9.83. The maximum Gasteiger partial charge on any atom is 0.459 e. The predicted molar refractivity (Wildman–Crippen MR) is 168 cm³/mol. The number of rotatable bonds is 16. The molecule has 0 bridgehead atoms. The third-order valence-electron chi connectivity index (χ3n) is 6.78. The lowest BCUT2D eigenvalue weighted by Crippen LogP contribution is -2.36. The molecule has 3 atom stereocenters. The van der Waals surface area contributed by atoms with Crippen LogP contribution in [0.1, 0.15) is 65.7 Å². The summed E-state index contributed by atoms with van der Waals surface area (Å²) >= 11 is 0. The minimum absolute atomic E-state index is 0.00972. The molecule has 43 heavy (non-hydrogen) atoms. The number of carbonyl (C=O) groups is 1. The molecule has 11 nitrogen and oxygen atoms in total. The van der Waals surface area contributed by atoms with E-state index in [1.54, 1.807) is 45.0 Å². The van der Waals surface area contributed by atoms with Crippen LogP contribution in [0.25, 0.3) is 21.9 Å². The van der Waals surface area contributed by atoms with Crippen molar-refractivity contribution in [2.45, 2.75) is 78.7 Å². The van der Waals surface area contributed by atoms with Gasteiger partial charge in [-0.2, -0.15) is 5.09 Å². The summed E-state index contributed by atoms with van der Waals surface area (Å²) in [5.41, 5.74) is 8.52. The van der Waals surface area contributed by atoms with E-state index in [1.807, 2.05) is 37.3 Å². The zero-order valence-electron chi connectivity index (χ0n) is 25.5. The Kier molecular flexibility index (Phi) is 11.2. The highest BCUT2D eigenvalue weighted by Gasteiger charge is 2.34. The second kappa shape index (κ2) is 14.8. The number of nitrogens with one attached hydrogen (secondary N) is 1. The van der Waals surface area contributed by atoms with Crippen molar-refractivity contribution >= 4 is 41.5 Å². The number of esters is 1. The highest BCUT2D eigenvalue weighted by molar-refractivity contribution is 7.52. The maximum atomic E-state index is 14.3.